The fourth-order valence-corrected chi connectivity index (χ4v) is 3.77. The van der Waals surface area contributed by atoms with Crippen molar-refractivity contribution in [1.82, 2.24) is 10.3 Å². The molecule has 3 heteroatoms. The number of rotatable bonds is 1. The lowest BCUT2D eigenvalue weighted by Crippen LogP contribution is -2.22. The minimum atomic E-state index is 0.970. The molecule has 3 aromatic rings. The zero-order chi connectivity index (χ0) is 12.7. The van der Waals surface area contributed by atoms with Gasteiger partial charge in [-0.15, -0.1) is 11.3 Å². The maximum atomic E-state index is 4.85. The molecule has 0 saturated carbocycles. The Balaban J connectivity index is 1.92. The summed E-state index contributed by atoms with van der Waals surface area (Å²) < 4.78 is 0. The van der Waals surface area contributed by atoms with Crippen molar-refractivity contribution in [3.8, 4) is 10.6 Å². The lowest BCUT2D eigenvalue weighted by Gasteiger charge is -2.09. The Bertz CT molecular complexity index is 717. The summed E-state index contributed by atoms with van der Waals surface area (Å²) in [6, 6.07) is 15.0. The summed E-state index contributed by atoms with van der Waals surface area (Å²) in [5, 5.41) is 7.15. The molecule has 0 spiro atoms. The van der Waals surface area contributed by atoms with Gasteiger partial charge in [-0.1, -0.05) is 42.5 Å². The first-order valence-electron chi connectivity index (χ1n) is 6.59. The summed E-state index contributed by atoms with van der Waals surface area (Å²) in [6.07, 6.45) is 1.05. The molecule has 2 aromatic carbocycles. The molecule has 0 bridgehead atoms. The van der Waals surface area contributed by atoms with E-state index in [1.54, 1.807) is 0 Å². The topological polar surface area (TPSA) is 24.9 Å². The number of fused-ring (bicyclic) bond motifs is 2. The Morgan fingerprint density at radius 2 is 1.95 bits per heavy atom. The van der Waals surface area contributed by atoms with Crippen LogP contribution in [-0.2, 0) is 13.0 Å². The van der Waals surface area contributed by atoms with E-state index < -0.39 is 0 Å². The molecule has 0 radical (unpaired) electrons. The van der Waals surface area contributed by atoms with E-state index in [9.17, 15) is 0 Å². The minimum Gasteiger partial charge on any atom is -0.311 e. The Morgan fingerprint density at radius 1 is 1.05 bits per heavy atom. The normalized spacial score (nSPS) is 14.5. The molecule has 1 aromatic heterocycles. The summed E-state index contributed by atoms with van der Waals surface area (Å²) in [4.78, 5) is 6.25. The van der Waals surface area contributed by atoms with Gasteiger partial charge in [-0.05, 0) is 10.8 Å². The van der Waals surface area contributed by atoms with Crippen LogP contribution in [0.3, 0.4) is 0 Å². The van der Waals surface area contributed by atoms with E-state index in [1.165, 1.54) is 26.9 Å². The van der Waals surface area contributed by atoms with Gasteiger partial charge >= 0.3 is 0 Å². The van der Waals surface area contributed by atoms with Crippen LogP contribution in [-0.4, -0.2) is 11.5 Å². The fraction of sp³-hybridized carbons (Fsp3) is 0.188. The van der Waals surface area contributed by atoms with Crippen molar-refractivity contribution in [2.75, 3.05) is 6.54 Å². The van der Waals surface area contributed by atoms with Crippen LogP contribution >= 0.6 is 11.3 Å². The molecule has 2 nitrogen and oxygen atoms in total. The molecule has 1 N–H and O–H groups in total. The van der Waals surface area contributed by atoms with Crippen LogP contribution in [0.15, 0.2) is 42.5 Å². The molecule has 19 heavy (non-hydrogen) atoms. The zero-order valence-corrected chi connectivity index (χ0v) is 11.3. The minimum absolute atomic E-state index is 0.970. The molecule has 0 saturated heterocycles. The first kappa shape index (κ1) is 11.1. The number of thiazole rings is 1. The van der Waals surface area contributed by atoms with E-state index in [-0.39, 0.29) is 0 Å². The van der Waals surface area contributed by atoms with Crippen molar-refractivity contribution in [2.24, 2.45) is 0 Å². The van der Waals surface area contributed by atoms with Crippen molar-refractivity contribution in [3.05, 3.63) is 53.0 Å². The van der Waals surface area contributed by atoms with Gasteiger partial charge in [-0.25, -0.2) is 4.98 Å². The average Bonchev–Trinajstić information content (AvgIpc) is 2.90. The predicted octanol–water partition coefficient (Wildman–Crippen LogP) is 3.61. The van der Waals surface area contributed by atoms with E-state index in [0.29, 0.717) is 0 Å². The molecule has 1 aliphatic heterocycles. The number of aromatic nitrogens is 1. The van der Waals surface area contributed by atoms with Crippen LogP contribution in [0, 0.1) is 0 Å². The molecule has 1 aliphatic rings. The Hall–Kier alpha value is -1.71. The maximum Gasteiger partial charge on any atom is 0.124 e. The number of hydrogen-bond acceptors (Lipinski definition) is 3. The third-order valence-corrected chi connectivity index (χ3v) is 4.75. The summed E-state index contributed by atoms with van der Waals surface area (Å²) in [5.74, 6) is 0. The molecule has 0 fully saturated rings. The third kappa shape index (κ3) is 1.86. The smallest absolute Gasteiger partial charge is 0.124 e. The third-order valence-electron chi connectivity index (χ3n) is 3.62. The molecule has 4 rings (SSSR count). The molecular formula is C16H14N2S. The van der Waals surface area contributed by atoms with Gasteiger partial charge < -0.3 is 5.32 Å². The van der Waals surface area contributed by atoms with E-state index in [0.717, 1.165) is 24.5 Å². The quantitative estimate of drug-likeness (QED) is 0.728. The summed E-state index contributed by atoms with van der Waals surface area (Å²) in [5.41, 5.74) is 2.55. The second-order valence-electron chi connectivity index (χ2n) is 4.84. The Kier molecular flexibility index (Phi) is 2.60. The molecular weight excluding hydrogens is 252 g/mol. The first-order valence-corrected chi connectivity index (χ1v) is 7.41. The van der Waals surface area contributed by atoms with E-state index in [1.807, 2.05) is 11.3 Å². The number of benzene rings is 2. The highest BCUT2D eigenvalue weighted by molar-refractivity contribution is 7.15. The van der Waals surface area contributed by atoms with E-state index in [4.69, 9.17) is 4.98 Å². The molecule has 0 atom stereocenters. The van der Waals surface area contributed by atoms with Gasteiger partial charge in [0.2, 0.25) is 0 Å². The lowest BCUT2D eigenvalue weighted by atomic mass is 10.1. The molecule has 0 aliphatic carbocycles. The van der Waals surface area contributed by atoms with Crippen molar-refractivity contribution >= 4 is 22.1 Å². The van der Waals surface area contributed by atoms with E-state index in [2.05, 4.69) is 47.8 Å². The van der Waals surface area contributed by atoms with Crippen molar-refractivity contribution in [2.45, 2.75) is 13.0 Å². The summed E-state index contributed by atoms with van der Waals surface area (Å²) in [6.45, 7) is 2.02. The molecule has 2 heterocycles. The summed E-state index contributed by atoms with van der Waals surface area (Å²) >= 11 is 1.83. The average molecular weight is 266 g/mol. The fourth-order valence-electron chi connectivity index (χ4n) is 2.65. The van der Waals surface area contributed by atoms with Gasteiger partial charge in [-0.2, -0.15) is 0 Å². The van der Waals surface area contributed by atoms with E-state index >= 15 is 0 Å². The van der Waals surface area contributed by atoms with Crippen molar-refractivity contribution in [3.63, 3.8) is 0 Å². The summed E-state index contributed by atoms with van der Waals surface area (Å²) in [7, 11) is 0. The first-order chi connectivity index (χ1) is 9.42. The van der Waals surface area contributed by atoms with Crippen LogP contribution in [0.4, 0.5) is 0 Å². The second-order valence-corrected chi connectivity index (χ2v) is 5.93. The standard InChI is InChI=1S/C16H14N2S/c1-2-6-12-11(4-1)5-3-7-13(12)16-18-14-8-9-17-10-15(14)19-16/h1-7,17H,8-10H2. The van der Waals surface area contributed by atoms with Crippen LogP contribution < -0.4 is 5.32 Å². The van der Waals surface area contributed by atoms with Gasteiger partial charge in [-0.3, -0.25) is 0 Å². The van der Waals surface area contributed by atoms with Crippen LogP contribution in [0.25, 0.3) is 21.3 Å². The number of nitrogens with zero attached hydrogens (tertiary/aromatic N) is 1. The van der Waals surface area contributed by atoms with Crippen LogP contribution in [0.1, 0.15) is 10.6 Å². The van der Waals surface area contributed by atoms with Gasteiger partial charge in [0.15, 0.2) is 0 Å². The predicted molar refractivity (Wildman–Crippen MR) is 80.5 cm³/mol. The van der Waals surface area contributed by atoms with Crippen LogP contribution in [0.2, 0.25) is 0 Å². The highest BCUT2D eigenvalue weighted by Gasteiger charge is 2.16. The van der Waals surface area contributed by atoms with Crippen molar-refractivity contribution < 1.29 is 0 Å². The molecule has 94 valence electrons. The number of hydrogen-bond donors (Lipinski definition) is 1. The van der Waals surface area contributed by atoms with Gasteiger partial charge in [0.05, 0.1) is 5.69 Å². The van der Waals surface area contributed by atoms with Crippen molar-refractivity contribution in [1.29, 1.82) is 0 Å². The number of nitrogens with one attached hydrogen (secondary N) is 1. The largest absolute Gasteiger partial charge is 0.311 e. The maximum absolute atomic E-state index is 4.85. The molecule has 0 amide bonds. The van der Waals surface area contributed by atoms with Gasteiger partial charge in [0.25, 0.3) is 0 Å². The Morgan fingerprint density at radius 3 is 2.89 bits per heavy atom. The SMILES string of the molecule is c1ccc2c(-c3nc4c(s3)CNCC4)cccc2c1. The Labute approximate surface area is 116 Å². The second kappa shape index (κ2) is 4.44. The highest BCUT2D eigenvalue weighted by atomic mass is 32.1. The zero-order valence-electron chi connectivity index (χ0n) is 10.5. The van der Waals surface area contributed by atoms with Crippen LogP contribution in [0.5, 0.6) is 0 Å². The van der Waals surface area contributed by atoms with Gasteiger partial charge in [0.1, 0.15) is 5.01 Å². The lowest BCUT2D eigenvalue weighted by molar-refractivity contribution is 0.644. The van der Waals surface area contributed by atoms with Gasteiger partial charge in [0, 0.05) is 30.0 Å². The monoisotopic (exact) mass is 266 g/mol. The highest BCUT2D eigenvalue weighted by Crippen LogP contribution is 2.34. The molecule has 0 unspecified atom stereocenters.